The van der Waals surface area contributed by atoms with Gasteiger partial charge in [-0.1, -0.05) is 18.2 Å². The normalized spacial score (nSPS) is 16.7. The molecular weight excluding hydrogens is 376 g/mol. The van der Waals surface area contributed by atoms with Gasteiger partial charge in [0.05, 0.1) is 12.5 Å². The third-order valence-corrected chi connectivity index (χ3v) is 5.34. The molecule has 0 radical (unpaired) electrons. The minimum atomic E-state index is -0.0843. The van der Waals surface area contributed by atoms with Gasteiger partial charge in [0.25, 0.3) is 0 Å². The molecule has 2 amide bonds. The zero-order valence-corrected chi connectivity index (χ0v) is 16.2. The summed E-state index contributed by atoms with van der Waals surface area (Å²) >= 11 is 1.59. The molecule has 1 fully saturated rings. The maximum atomic E-state index is 12.5. The number of urea groups is 1. The molecule has 0 aliphatic carbocycles. The van der Waals surface area contributed by atoms with Gasteiger partial charge in [-0.25, -0.2) is 4.79 Å². The molecule has 7 nitrogen and oxygen atoms in total. The molecule has 3 heterocycles. The number of benzene rings is 1. The first-order chi connectivity index (χ1) is 13.8. The second-order valence-corrected chi connectivity index (χ2v) is 7.42. The summed E-state index contributed by atoms with van der Waals surface area (Å²) < 4.78 is 11.5. The first kappa shape index (κ1) is 18.5. The number of ether oxygens (including phenoxy) is 1. The van der Waals surface area contributed by atoms with Crippen molar-refractivity contribution in [2.45, 2.75) is 18.8 Å². The van der Waals surface area contributed by atoms with E-state index in [4.69, 9.17) is 9.15 Å². The first-order valence-electron chi connectivity index (χ1n) is 9.36. The molecule has 1 aromatic carbocycles. The number of carbonyl (C=O) groups is 1. The van der Waals surface area contributed by atoms with Crippen molar-refractivity contribution in [2.24, 2.45) is 0 Å². The highest BCUT2D eigenvalue weighted by Gasteiger charge is 2.28. The number of carbonyl (C=O) groups excluding carboxylic acids is 1. The lowest BCUT2D eigenvalue weighted by Crippen LogP contribution is -2.46. The summed E-state index contributed by atoms with van der Waals surface area (Å²) in [5, 5.41) is 15.2. The number of aromatic nitrogens is 2. The predicted molar refractivity (Wildman–Crippen MR) is 106 cm³/mol. The van der Waals surface area contributed by atoms with Crippen molar-refractivity contribution in [3.8, 4) is 17.2 Å². The van der Waals surface area contributed by atoms with Crippen molar-refractivity contribution in [1.29, 1.82) is 0 Å². The van der Waals surface area contributed by atoms with Gasteiger partial charge in [-0.05, 0) is 36.4 Å². The Kier molecular flexibility index (Phi) is 5.86. The quantitative estimate of drug-likeness (QED) is 0.640. The summed E-state index contributed by atoms with van der Waals surface area (Å²) in [5.74, 6) is 2.01. The lowest BCUT2D eigenvalue weighted by molar-refractivity contribution is 0.172. The lowest BCUT2D eigenvalue weighted by Gasteiger charge is -2.31. The highest BCUT2D eigenvalue weighted by Crippen LogP contribution is 2.29. The van der Waals surface area contributed by atoms with Gasteiger partial charge in [-0.3, -0.25) is 0 Å². The maximum Gasteiger partial charge on any atom is 0.317 e. The Hall–Kier alpha value is -2.87. The average molecular weight is 398 g/mol. The molecule has 146 valence electrons. The van der Waals surface area contributed by atoms with Crippen LogP contribution in [0.1, 0.15) is 24.7 Å². The van der Waals surface area contributed by atoms with Gasteiger partial charge in [0.1, 0.15) is 12.4 Å². The number of nitrogens with zero attached hydrogens (tertiary/aromatic N) is 3. The summed E-state index contributed by atoms with van der Waals surface area (Å²) in [6.07, 6.45) is 1.85. The SMILES string of the molecule is O=C(NCCOc1ccccc1)N1CCCC(c2nnc(-c3ccsc3)o2)C1. The highest BCUT2D eigenvalue weighted by molar-refractivity contribution is 7.08. The molecule has 0 bridgehead atoms. The van der Waals surface area contributed by atoms with Crippen molar-refractivity contribution in [1.82, 2.24) is 20.4 Å². The summed E-state index contributed by atoms with van der Waals surface area (Å²) in [7, 11) is 0. The standard InChI is InChI=1S/C20H22N4O3S/c25-20(21-9-11-26-17-6-2-1-3-7-17)24-10-4-5-15(13-24)18-22-23-19(27-18)16-8-12-28-14-16/h1-3,6-8,12,14-15H,4-5,9-11,13H2,(H,21,25). The van der Waals surface area contributed by atoms with Crippen LogP contribution < -0.4 is 10.1 Å². The highest BCUT2D eigenvalue weighted by atomic mass is 32.1. The number of thiophene rings is 1. The fourth-order valence-electron chi connectivity index (χ4n) is 3.22. The van der Waals surface area contributed by atoms with Crippen molar-refractivity contribution in [3.63, 3.8) is 0 Å². The maximum absolute atomic E-state index is 12.5. The smallest absolute Gasteiger partial charge is 0.317 e. The van der Waals surface area contributed by atoms with Gasteiger partial charge in [0.15, 0.2) is 0 Å². The molecular formula is C20H22N4O3S. The zero-order valence-electron chi connectivity index (χ0n) is 15.4. The summed E-state index contributed by atoms with van der Waals surface area (Å²) in [5.41, 5.74) is 0.938. The van der Waals surface area contributed by atoms with Gasteiger partial charge >= 0.3 is 6.03 Å². The van der Waals surface area contributed by atoms with Gasteiger partial charge in [0.2, 0.25) is 11.8 Å². The van der Waals surface area contributed by atoms with E-state index in [2.05, 4.69) is 15.5 Å². The number of piperidine rings is 1. The third kappa shape index (κ3) is 4.51. The molecule has 1 saturated heterocycles. The Bertz CT molecular complexity index is 882. The topological polar surface area (TPSA) is 80.5 Å². The van der Waals surface area contributed by atoms with E-state index >= 15 is 0 Å². The molecule has 1 aliphatic heterocycles. The van der Waals surface area contributed by atoms with Crippen LogP contribution in [0.15, 0.2) is 51.6 Å². The summed E-state index contributed by atoms with van der Waals surface area (Å²) in [6.45, 7) is 2.20. The summed E-state index contributed by atoms with van der Waals surface area (Å²) in [4.78, 5) is 14.3. The number of nitrogens with one attached hydrogen (secondary N) is 1. The second-order valence-electron chi connectivity index (χ2n) is 6.64. The van der Waals surface area contributed by atoms with Crippen LogP contribution in [-0.2, 0) is 0 Å². The van der Waals surface area contributed by atoms with Crippen molar-refractivity contribution in [2.75, 3.05) is 26.2 Å². The third-order valence-electron chi connectivity index (χ3n) is 4.66. The Morgan fingerprint density at radius 3 is 3.00 bits per heavy atom. The van der Waals surface area contributed by atoms with E-state index in [1.54, 1.807) is 11.3 Å². The van der Waals surface area contributed by atoms with Crippen LogP contribution in [0.25, 0.3) is 11.5 Å². The summed E-state index contributed by atoms with van der Waals surface area (Å²) in [6, 6.07) is 11.4. The predicted octanol–water partition coefficient (Wildman–Crippen LogP) is 3.77. The number of amides is 2. The number of para-hydroxylation sites is 1. The van der Waals surface area contributed by atoms with Crippen molar-refractivity contribution in [3.05, 3.63) is 53.0 Å². The molecule has 0 spiro atoms. The monoisotopic (exact) mass is 398 g/mol. The molecule has 3 aromatic rings. The van der Waals surface area contributed by atoms with Gasteiger partial charge in [0, 0.05) is 24.0 Å². The zero-order chi connectivity index (χ0) is 19.2. The molecule has 1 unspecified atom stereocenters. The van der Waals surface area contributed by atoms with Crippen LogP contribution in [0, 0.1) is 0 Å². The van der Waals surface area contributed by atoms with E-state index in [-0.39, 0.29) is 11.9 Å². The van der Waals surface area contributed by atoms with E-state index in [1.807, 2.05) is 52.1 Å². The molecule has 1 N–H and O–H groups in total. The van der Waals surface area contributed by atoms with Crippen LogP contribution in [0.2, 0.25) is 0 Å². The Balaban J connectivity index is 1.27. The van der Waals surface area contributed by atoms with Crippen LogP contribution in [-0.4, -0.2) is 47.4 Å². The minimum absolute atomic E-state index is 0.0694. The van der Waals surface area contributed by atoms with Crippen LogP contribution in [0.5, 0.6) is 5.75 Å². The molecule has 8 heteroatoms. The molecule has 1 aliphatic rings. The second kappa shape index (κ2) is 8.88. The van der Waals surface area contributed by atoms with Gasteiger partial charge in [-0.15, -0.1) is 10.2 Å². The Morgan fingerprint density at radius 1 is 1.29 bits per heavy atom. The van der Waals surface area contributed by atoms with E-state index in [1.165, 1.54) is 0 Å². The average Bonchev–Trinajstić information content (AvgIpc) is 3.44. The Morgan fingerprint density at radius 2 is 2.18 bits per heavy atom. The molecule has 28 heavy (non-hydrogen) atoms. The fourth-order valence-corrected chi connectivity index (χ4v) is 3.85. The Labute approximate surface area is 167 Å². The molecule has 0 saturated carbocycles. The fraction of sp³-hybridized carbons (Fsp3) is 0.350. The molecule has 4 rings (SSSR count). The largest absolute Gasteiger partial charge is 0.492 e. The number of likely N-dealkylation sites (tertiary alicyclic amines) is 1. The van der Waals surface area contributed by atoms with Crippen LogP contribution in [0.4, 0.5) is 4.79 Å². The van der Waals surface area contributed by atoms with E-state index in [0.29, 0.717) is 31.5 Å². The number of hydrogen-bond acceptors (Lipinski definition) is 6. The van der Waals surface area contributed by atoms with Crippen LogP contribution >= 0.6 is 11.3 Å². The van der Waals surface area contributed by atoms with E-state index in [9.17, 15) is 4.79 Å². The van der Waals surface area contributed by atoms with E-state index in [0.717, 1.165) is 30.7 Å². The molecule has 1 atom stereocenters. The van der Waals surface area contributed by atoms with Crippen molar-refractivity contribution < 1.29 is 13.9 Å². The number of rotatable bonds is 6. The number of hydrogen-bond donors (Lipinski definition) is 1. The van der Waals surface area contributed by atoms with E-state index < -0.39 is 0 Å². The minimum Gasteiger partial charge on any atom is -0.492 e. The first-order valence-corrected chi connectivity index (χ1v) is 10.3. The van der Waals surface area contributed by atoms with Gasteiger partial charge < -0.3 is 19.4 Å². The van der Waals surface area contributed by atoms with Crippen molar-refractivity contribution >= 4 is 17.4 Å². The van der Waals surface area contributed by atoms with Gasteiger partial charge in [-0.2, -0.15) is 11.3 Å². The molecule has 2 aromatic heterocycles. The lowest BCUT2D eigenvalue weighted by atomic mass is 9.98. The van der Waals surface area contributed by atoms with Crippen LogP contribution in [0.3, 0.4) is 0 Å².